The summed E-state index contributed by atoms with van der Waals surface area (Å²) in [6.07, 6.45) is 5.11. The van der Waals surface area contributed by atoms with Gasteiger partial charge in [-0.25, -0.2) is 4.68 Å². The maximum absolute atomic E-state index is 12.4. The smallest absolute Gasteiger partial charge is 0.230 e. The van der Waals surface area contributed by atoms with Crippen molar-refractivity contribution in [2.75, 3.05) is 17.2 Å². The van der Waals surface area contributed by atoms with E-state index >= 15 is 0 Å². The quantitative estimate of drug-likeness (QED) is 0.860. The van der Waals surface area contributed by atoms with Crippen LogP contribution in [0.2, 0.25) is 5.15 Å². The van der Waals surface area contributed by atoms with Gasteiger partial charge in [-0.3, -0.25) is 9.78 Å². The predicted octanol–water partition coefficient (Wildman–Crippen LogP) is 2.84. The van der Waals surface area contributed by atoms with Gasteiger partial charge in [-0.1, -0.05) is 18.5 Å². The van der Waals surface area contributed by atoms with Crippen molar-refractivity contribution < 1.29 is 4.79 Å². The second kappa shape index (κ2) is 6.95. The molecule has 1 atom stereocenters. The van der Waals surface area contributed by atoms with Crippen molar-refractivity contribution in [3.05, 3.63) is 35.9 Å². The Morgan fingerprint density at radius 2 is 2.33 bits per heavy atom. The summed E-state index contributed by atoms with van der Waals surface area (Å²) in [5, 5.41) is 4.54. The maximum Gasteiger partial charge on any atom is 0.230 e. The van der Waals surface area contributed by atoms with Gasteiger partial charge in [0.1, 0.15) is 5.69 Å². The summed E-state index contributed by atoms with van der Waals surface area (Å²) in [4.78, 5) is 18.0. The first-order valence-corrected chi connectivity index (χ1v) is 7.67. The predicted molar refractivity (Wildman–Crippen MR) is 87.4 cm³/mol. The Labute approximate surface area is 134 Å². The van der Waals surface area contributed by atoms with E-state index < -0.39 is 0 Å². The Bertz CT molecular complexity index is 617. The molecule has 0 aliphatic heterocycles. The highest BCUT2D eigenvalue weighted by atomic mass is 35.5. The summed E-state index contributed by atoms with van der Waals surface area (Å²) < 4.78 is 1.62. The molecule has 0 fully saturated rings. The molecular weight excluding hydrogens is 308 g/mol. The lowest BCUT2D eigenvalue weighted by atomic mass is 10.2. The molecule has 1 amide bonds. The van der Waals surface area contributed by atoms with Crippen LogP contribution in [-0.4, -0.2) is 33.0 Å². The SMILES string of the molecule is CCN(C(=O)C(C)CS)c1cn(-c2cccnc2)nc1Cl. The first-order valence-electron chi connectivity index (χ1n) is 6.66. The molecule has 0 radical (unpaired) electrons. The molecule has 0 aliphatic rings. The van der Waals surface area contributed by atoms with Crippen molar-refractivity contribution in [2.45, 2.75) is 13.8 Å². The summed E-state index contributed by atoms with van der Waals surface area (Å²) in [5.74, 6) is 0.301. The van der Waals surface area contributed by atoms with Crippen molar-refractivity contribution in [1.82, 2.24) is 14.8 Å². The fourth-order valence-electron chi connectivity index (χ4n) is 1.94. The van der Waals surface area contributed by atoms with Crippen LogP contribution >= 0.6 is 24.2 Å². The number of anilines is 1. The first-order chi connectivity index (χ1) is 10.1. The van der Waals surface area contributed by atoms with Crippen LogP contribution in [0, 0.1) is 5.92 Å². The second-order valence-corrected chi connectivity index (χ2v) is 5.35. The number of carbonyl (C=O) groups is 1. The lowest BCUT2D eigenvalue weighted by Gasteiger charge is -2.22. The minimum Gasteiger partial charge on any atom is -0.308 e. The monoisotopic (exact) mass is 324 g/mol. The number of hydrogen-bond donors (Lipinski definition) is 1. The number of carbonyl (C=O) groups excluding carboxylic acids is 1. The molecule has 0 aliphatic carbocycles. The van der Waals surface area contributed by atoms with Gasteiger partial charge in [0.15, 0.2) is 5.15 Å². The molecule has 2 rings (SSSR count). The number of hydrogen-bond acceptors (Lipinski definition) is 4. The van der Waals surface area contributed by atoms with Gasteiger partial charge in [0.2, 0.25) is 5.91 Å². The van der Waals surface area contributed by atoms with E-state index in [1.54, 1.807) is 28.2 Å². The Hall–Kier alpha value is -1.53. The molecule has 112 valence electrons. The molecule has 0 saturated heterocycles. The van der Waals surface area contributed by atoms with E-state index in [0.29, 0.717) is 23.1 Å². The van der Waals surface area contributed by atoms with E-state index in [0.717, 1.165) is 5.69 Å². The van der Waals surface area contributed by atoms with Crippen LogP contribution in [0.25, 0.3) is 5.69 Å². The zero-order valence-corrected chi connectivity index (χ0v) is 13.6. The molecular formula is C14H17ClN4OS. The summed E-state index contributed by atoms with van der Waals surface area (Å²) in [6, 6.07) is 3.69. The molecule has 2 aromatic rings. The Morgan fingerprint density at radius 1 is 1.57 bits per heavy atom. The van der Waals surface area contributed by atoms with Crippen LogP contribution in [0.15, 0.2) is 30.7 Å². The van der Waals surface area contributed by atoms with Crippen LogP contribution in [0.5, 0.6) is 0 Å². The van der Waals surface area contributed by atoms with E-state index in [9.17, 15) is 4.79 Å². The van der Waals surface area contributed by atoms with E-state index in [1.807, 2.05) is 26.0 Å². The third-order valence-corrected chi connectivity index (χ3v) is 3.95. The van der Waals surface area contributed by atoms with Gasteiger partial charge in [-0.15, -0.1) is 0 Å². The number of halogens is 1. The number of pyridine rings is 1. The molecule has 2 aromatic heterocycles. The molecule has 5 nitrogen and oxygen atoms in total. The Balaban J connectivity index is 2.35. The van der Waals surface area contributed by atoms with E-state index in [-0.39, 0.29) is 11.8 Å². The fraction of sp³-hybridized carbons (Fsp3) is 0.357. The Morgan fingerprint density at radius 3 is 2.90 bits per heavy atom. The van der Waals surface area contributed by atoms with Crippen LogP contribution in [0.1, 0.15) is 13.8 Å². The van der Waals surface area contributed by atoms with Crippen LogP contribution < -0.4 is 4.90 Å². The highest BCUT2D eigenvalue weighted by Gasteiger charge is 2.23. The third kappa shape index (κ3) is 3.39. The standard InChI is InChI=1S/C14H17ClN4OS/c1-3-18(14(20)10(2)9-21)12-8-19(17-13(12)15)11-5-4-6-16-7-11/h4-8,10,21H,3,9H2,1-2H3. The van der Waals surface area contributed by atoms with E-state index in [4.69, 9.17) is 11.6 Å². The molecule has 21 heavy (non-hydrogen) atoms. The van der Waals surface area contributed by atoms with Crippen molar-refractivity contribution in [3.8, 4) is 5.69 Å². The van der Waals surface area contributed by atoms with Crippen molar-refractivity contribution in [1.29, 1.82) is 0 Å². The molecule has 7 heteroatoms. The second-order valence-electron chi connectivity index (χ2n) is 4.63. The average Bonchev–Trinajstić information content (AvgIpc) is 2.90. The van der Waals surface area contributed by atoms with Gasteiger partial charge in [-0.05, 0) is 19.1 Å². The molecule has 1 unspecified atom stereocenters. The normalized spacial score (nSPS) is 12.2. The van der Waals surface area contributed by atoms with Crippen molar-refractivity contribution >= 4 is 35.8 Å². The number of thiol groups is 1. The number of aromatic nitrogens is 3. The summed E-state index contributed by atoms with van der Waals surface area (Å²) in [5.41, 5.74) is 1.39. The van der Waals surface area contributed by atoms with Gasteiger partial charge >= 0.3 is 0 Å². The third-order valence-electron chi connectivity index (χ3n) is 3.13. The topological polar surface area (TPSA) is 51.0 Å². The average molecular weight is 325 g/mol. The van der Waals surface area contributed by atoms with Crippen LogP contribution in [0.4, 0.5) is 5.69 Å². The van der Waals surface area contributed by atoms with Crippen molar-refractivity contribution in [2.24, 2.45) is 5.92 Å². The summed E-state index contributed by atoms with van der Waals surface area (Å²) >= 11 is 10.4. The molecule has 0 aromatic carbocycles. The zero-order valence-electron chi connectivity index (χ0n) is 11.9. The molecule has 0 N–H and O–H groups in total. The largest absolute Gasteiger partial charge is 0.308 e. The molecule has 0 spiro atoms. The number of rotatable bonds is 5. The van der Waals surface area contributed by atoms with Gasteiger partial charge in [-0.2, -0.15) is 17.7 Å². The lowest BCUT2D eigenvalue weighted by Crippen LogP contribution is -2.35. The minimum atomic E-state index is -0.175. The summed E-state index contributed by atoms with van der Waals surface area (Å²) in [6.45, 7) is 4.27. The molecule has 0 bridgehead atoms. The lowest BCUT2D eigenvalue weighted by molar-refractivity contribution is -0.121. The number of nitrogens with zero attached hydrogens (tertiary/aromatic N) is 4. The van der Waals surface area contributed by atoms with Gasteiger partial charge in [0.25, 0.3) is 0 Å². The fourth-order valence-corrected chi connectivity index (χ4v) is 2.32. The zero-order chi connectivity index (χ0) is 15.4. The number of amides is 1. The maximum atomic E-state index is 12.4. The van der Waals surface area contributed by atoms with Crippen LogP contribution in [0.3, 0.4) is 0 Å². The van der Waals surface area contributed by atoms with E-state index in [1.165, 1.54) is 0 Å². The van der Waals surface area contributed by atoms with Crippen molar-refractivity contribution in [3.63, 3.8) is 0 Å². The minimum absolute atomic E-state index is 0.0138. The highest BCUT2D eigenvalue weighted by molar-refractivity contribution is 7.80. The highest BCUT2D eigenvalue weighted by Crippen LogP contribution is 2.27. The van der Waals surface area contributed by atoms with Crippen LogP contribution in [-0.2, 0) is 4.79 Å². The van der Waals surface area contributed by atoms with Gasteiger partial charge < -0.3 is 4.90 Å². The Kier molecular flexibility index (Phi) is 5.25. The summed E-state index contributed by atoms with van der Waals surface area (Å²) in [7, 11) is 0. The van der Waals surface area contributed by atoms with E-state index in [2.05, 4.69) is 22.7 Å². The van der Waals surface area contributed by atoms with Gasteiger partial charge in [0, 0.05) is 24.4 Å². The van der Waals surface area contributed by atoms with Gasteiger partial charge in [0.05, 0.1) is 18.1 Å². The molecule has 2 heterocycles. The first kappa shape index (κ1) is 15.9. The molecule has 0 saturated carbocycles.